The fourth-order valence-corrected chi connectivity index (χ4v) is 3.38. The second-order valence-electron chi connectivity index (χ2n) is 9.14. The monoisotopic (exact) mass is 479 g/mol. The van der Waals surface area contributed by atoms with Crippen LogP contribution in [0.5, 0.6) is 0 Å². The number of benzene rings is 1. The Hall–Kier alpha value is -4.22. The Morgan fingerprint density at radius 2 is 1.94 bits per heavy atom. The highest BCUT2D eigenvalue weighted by molar-refractivity contribution is 5.90. The van der Waals surface area contributed by atoms with E-state index in [1.165, 1.54) is 6.33 Å². The van der Waals surface area contributed by atoms with Gasteiger partial charge in [0.1, 0.15) is 12.1 Å². The van der Waals surface area contributed by atoms with Crippen molar-refractivity contribution in [1.82, 2.24) is 40.2 Å². The lowest BCUT2D eigenvalue weighted by atomic mass is 9.97. The predicted molar refractivity (Wildman–Crippen MR) is 125 cm³/mol. The van der Waals surface area contributed by atoms with Crippen molar-refractivity contribution in [2.45, 2.75) is 46.1 Å². The van der Waals surface area contributed by atoms with Crippen LogP contribution in [-0.2, 0) is 12.5 Å². The topological polar surface area (TPSA) is 137 Å². The van der Waals surface area contributed by atoms with Crippen LogP contribution < -0.4 is 10.6 Å². The van der Waals surface area contributed by atoms with E-state index >= 15 is 4.39 Å². The van der Waals surface area contributed by atoms with Crippen molar-refractivity contribution >= 4 is 17.7 Å². The molecule has 1 atom stereocenters. The summed E-state index contributed by atoms with van der Waals surface area (Å²) < 4.78 is 22.2. The molecule has 12 heteroatoms. The third kappa shape index (κ3) is 5.15. The van der Waals surface area contributed by atoms with Crippen molar-refractivity contribution in [3.8, 4) is 11.4 Å². The zero-order valence-corrected chi connectivity index (χ0v) is 20.3. The van der Waals surface area contributed by atoms with Gasteiger partial charge in [0, 0.05) is 24.7 Å². The van der Waals surface area contributed by atoms with Crippen LogP contribution >= 0.6 is 0 Å². The number of aryl methyl sites for hydroxylation is 1. The molecule has 182 valence electrons. The van der Waals surface area contributed by atoms with Gasteiger partial charge in [-0.15, -0.1) is 0 Å². The second kappa shape index (κ2) is 9.20. The number of anilines is 2. The van der Waals surface area contributed by atoms with Gasteiger partial charge >= 0.3 is 0 Å². The van der Waals surface area contributed by atoms with Gasteiger partial charge in [-0.05, 0) is 31.0 Å². The summed E-state index contributed by atoms with van der Waals surface area (Å²) in [5.74, 6) is 0.244. The smallest absolute Gasteiger partial charge is 0.293 e. The minimum atomic E-state index is -0.512. The molecule has 2 N–H and O–H groups in total. The molecular weight excluding hydrogens is 453 g/mol. The summed E-state index contributed by atoms with van der Waals surface area (Å²) in [6.07, 6.45) is 3.07. The van der Waals surface area contributed by atoms with Crippen LogP contribution in [0.4, 0.5) is 16.2 Å². The molecule has 0 aliphatic heterocycles. The maximum atomic E-state index is 15.4. The highest BCUT2D eigenvalue weighted by atomic mass is 19.1. The SMILES string of the molecule is Cc1c(C(C)NC(=O)c2noc(C(C)(C)C)n2)ccc(-c2ncnc(Nc3ccn(C)n3)n2)c1F. The fourth-order valence-electron chi connectivity index (χ4n) is 3.38. The third-order valence-electron chi connectivity index (χ3n) is 5.28. The number of carbonyl (C=O) groups is 1. The molecule has 35 heavy (non-hydrogen) atoms. The zero-order chi connectivity index (χ0) is 25.3. The lowest BCUT2D eigenvalue weighted by molar-refractivity contribution is 0.0926. The number of amides is 1. The Bertz CT molecular complexity index is 1370. The molecule has 3 heterocycles. The molecule has 0 bridgehead atoms. The predicted octanol–water partition coefficient (Wildman–Crippen LogP) is 3.63. The molecule has 1 unspecified atom stereocenters. The quantitative estimate of drug-likeness (QED) is 0.425. The summed E-state index contributed by atoms with van der Waals surface area (Å²) in [4.78, 5) is 29.3. The van der Waals surface area contributed by atoms with Crippen LogP contribution in [0.3, 0.4) is 0 Å². The Morgan fingerprint density at radius 1 is 1.17 bits per heavy atom. The molecule has 0 aliphatic carbocycles. The van der Waals surface area contributed by atoms with Gasteiger partial charge in [0.05, 0.1) is 11.6 Å². The molecule has 0 saturated carbocycles. The van der Waals surface area contributed by atoms with Gasteiger partial charge < -0.3 is 15.2 Å². The van der Waals surface area contributed by atoms with E-state index in [2.05, 4.69) is 40.8 Å². The van der Waals surface area contributed by atoms with Crippen LogP contribution in [0.2, 0.25) is 0 Å². The van der Waals surface area contributed by atoms with Crippen LogP contribution in [-0.4, -0.2) is 40.8 Å². The Labute approximate surface area is 201 Å². The Morgan fingerprint density at radius 3 is 2.60 bits per heavy atom. The van der Waals surface area contributed by atoms with Crippen molar-refractivity contribution < 1.29 is 13.7 Å². The van der Waals surface area contributed by atoms with Crippen LogP contribution in [0.25, 0.3) is 11.4 Å². The van der Waals surface area contributed by atoms with E-state index in [4.69, 9.17) is 4.52 Å². The minimum Gasteiger partial charge on any atom is -0.343 e. The number of nitrogens with one attached hydrogen (secondary N) is 2. The zero-order valence-electron chi connectivity index (χ0n) is 20.3. The molecule has 1 aromatic carbocycles. The molecule has 1 amide bonds. The number of hydrogen-bond acceptors (Lipinski definition) is 9. The number of aromatic nitrogens is 7. The summed E-state index contributed by atoms with van der Waals surface area (Å²) in [5, 5.41) is 13.7. The normalized spacial score (nSPS) is 12.4. The van der Waals surface area contributed by atoms with Crippen LogP contribution in [0, 0.1) is 12.7 Å². The van der Waals surface area contributed by atoms with Crippen LogP contribution in [0.15, 0.2) is 35.2 Å². The molecule has 0 radical (unpaired) electrons. The van der Waals surface area contributed by atoms with Crippen molar-refractivity contribution in [2.75, 3.05) is 5.32 Å². The maximum absolute atomic E-state index is 15.4. The van der Waals surface area contributed by atoms with Gasteiger partial charge in [-0.1, -0.05) is 32.0 Å². The number of halogens is 1. The van der Waals surface area contributed by atoms with Crippen molar-refractivity contribution in [3.05, 3.63) is 59.4 Å². The van der Waals surface area contributed by atoms with E-state index in [0.29, 0.717) is 22.8 Å². The highest BCUT2D eigenvalue weighted by Gasteiger charge is 2.25. The van der Waals surface area contributed by atoms with Gasteiger partial charge in [-0.3, -0.25) is 9.48 Å². The van der Waals surface area contributed by atoms with E-state index in [1.807, 2.05) is 20.8 Å². The molecular formula is C23H26FN9O2. The lowest BCUT2D eigenvalue weighted by Crippen LogP contribution is -2.28. The van der Waals surface area contributed by atoms with E-state index in [-0.39, 0.29) is 28.6 Å². The standard InChI is InChI=1S/C23H26FN9O2/c1-12-14(13(2)27-20(34)19-29-21(35-32-19)23(3,4)5)7-8-15(17(12)24)18-25-11-26-22(30-18)28-16-9-10-33(6)31-16/h7-11,13H,1-6H3,(H,27,34)(H,25,26,28,30,31). The van der Waals surface area contributed by atoms with E-state index in [9.17, 15) is 4.79 Å². The van der Waals surface area contributed by atoms with Gasteiger partial charge in [0.25, 0.3) is 11.7 Å². The number of carbonyl (C=O) groups excluding carboxylic acids is 1. The summed E-state index contributed by atoms with van der Waals surface area (Å²) in [5.41, 5.74) is 0.789. The number of nitrogens with zero attached hydrogens (tertiary/aromatic N) is 7. The van der Waals surface area contributed by atoms with E-state index in [1.54, 1.807) is 50.0 Å². The molecule has 4 aromatic rings. The summed E-state index contributed by atoms with van der Waals surface area (Å²) in [7, 11) is 1.79. The number of hydrogen-bond donors (Lipinski definition) is 2. The third-order valence-corrected chi connectivity index (χ3v) is 5.28. The number of rotatable bonds is 6. The van der Waals surface area contributed by atoms with E-state index in [0.717, 1.165) is 0 Å². The average molecular weight is 480 g/mol. The molecule has 11 nitrogen and oxygen atoms in total. The van der Waals surface area contributed by atoms with E-state index < -0.39 is 17.8 Å². The first-order valence-electron chi connectivity index (χ1n) is 10.9. The van der Waals surface area contributed by atoms with Gasteiger partial charge in [0.15, 0.2) is 11.6 Å². The summed E-state index contributed by atoms with van der Waals surface area (Å²) in [6, 6.07) is 4.55. The van der Waals surface area contributed by atoms with Crippen molar-refractivity contribution in [2.24, 2.45) is 7.05 Å². The lowest BCUT2D eigenvalue weighted by Gasteiger charge is -2.17. The molecule has 0 spiro atoms. The molecule has 3 aromatic heterocycles. The first-order chi connectivity index (χ1) is 16.5. The van der Waals surface area contributed by atoms with Crippen LogP contribution in [0.1, 0.15) is 61.4 Å². The molecule has 0 saturated heterocycles. The average Bonchev–Trinajstić information content (AvgIpc) is 3.45. The van der Waals surface area contributed by atoms with Crippen molar-refractivity contribution in [3.63, 3.8) is 0 Å². The Balaban J connectivity index is 1.53. The first-order valence-corrected chi connectivity index (χ1v) is 10.9. The fraction of sp³-hybridized carbons (Fsp3) is 0.348. The summed E-state index contributed by atoms with van der Waals surface area (Å²) in [6.45, 7) is 9.10. The second-order valence-corrected chi connectivity index (χ2v) is 9.14. The highest BCUT2D eigenvalue weighted by Crippen LogP contribution is 2.28. The van der Waals surface area contributed by atoms with Gasteiger partial charge in [-0.2, -0.15) is 15.1 Å². The largest absolute Gasteiger partial charge is 0.343 e. The van der Waals surface area contributed by atoms with Gasteiger partial charge in [-0.25, -0.2) is 14.4 Å². The molecule has 4 rings (SSSR count). The Kier molecular flexibility index (Phi) is 6.29. The first kappa shape index (κ1) is 23.9. The summed E-state index contributed by atoms with van der Waals surface area (Å²) >= 11 is 0. The van der Waals surface area contributed by atoms with Gasteiger partial charge in [0.2, 0.25) is 11.8 Å². The molecule has 0 aliphatic rings. The molecule has 0 fully saturated rings. The van der Waals surface area contributed by atoms with Crippen molar-refractivity contribution in [1.29, 1.82) is 0 Å². The maximum Gasteiger partial charge on any atom is 0.293 e. The minimum absolute atomic E-state index is 0.0744.